The lowest BCUT2D eigenvalue weighted by Gasteiger charge is -2.38. The number of benzene rings is 1. The molecule has 27 heavy (non-hydrogen) atoms. The number of carbonyl (C=O) groups excluding carboxylic acids is 3. The molecule has 2 fully saturated rings. The van der Waals surface area contributed by atoms with Gasteiger partial charge in [0.25, 0.3) is 5.91 Å². The summed E-state index contributed by atoms with van der Waals surface area (Å²) in [6.45, 7) is 1.62. The lowest BCUT2D eigenvalue weighted by atomic mass is 9.92. The number of hydrogen-bond donors (Lipinski definition) is 1. The molecule has 0 bridgehead atoms. The average molecular weight is 370 g/mol. The summed E-state index contributed by atoms with van der Waals surface area (Å²) in [5.41, 5.74) is 6.05. The molecule has 0 aliphatic carbocycles. The summed E-state index contributed by atoms with van der Waals surface area (Å²) in [4.78, 5) is 39.7. The van der Waals surface area contributed by atoms with Gasteiger partial charge < -0.3 is 24.8 Å². The molecular weight excluding hydrogens is 348 g/mol. The van der Waals surface area contributed by atoms with Crippen molar-refractivity contribution in [3.8, 4) is 0 Å². The number of primary amides is 1. The van der Waals surface area contributed by atoms with Crippen molar-refractivity contribution in [2.24, 2.45) is 5.73 Å². The topological polar surface area (TPSA) is 97.9 Å². The maximum atomic E-state index is 12.9. The van der Waals surface area contributed by atoms with Gasteiger partial charge in [-0.05, 0) is 18.9 Å². The number of piperidine rings is 1. The van der Waals surface area contributed by atoms with E-state index in [4.69, 9.17) is 10.5 Å². The summed E-state index contributed by atoms with van der Waals surface area (Å²) in [7, 11) is 1.70. The van der Waals surface area contributed by atoms with Crippen molar-refractivity contribution in [2.45, 2.75) is 25.0 Å². The van der Waals surface area contributed by atoms with Crippen LogP contribution >= 0.6 is 0 Å². The number of likely N-dealkylation sites (tertiary alicyclic amines) is 1. The second-order valence-electron chi connectivity index (χ2n) is 7.38. The quantitative estimate of drug-likeness (QED) is 0.877. The summed E-state index contributed by atoms with van der Waals surface area (Å²) in [5.74, 6) is -0.591. The van der Waals surface area contributed by atoms with Crippen LogP contribution in [-0.4, -0.2) is 64.6 Å². The van der Waals surface area contributed by atoms with Gasteiger partial charge >= 0.3 is 6.09 Å². The molecule has 0 saturated carbocycles. The van der Waals surface area contributed by atoms with E-state index >= 15 is 0 Å². The molecule has 0 radical (unpaired) electrons. The minimum atomic E-state index is -0.614. The highest BCUT2D eigenvalue weighted by Gasteiger charge is 2.47. The fourth-order valence-electron chi connectivity index (χ4n) is 4.14. The molecule has 3 heterocycles. The molecule has 2 N–H and O–H groups in total. The first-order valence-electron chi connectivity index (χ1n) is 8.98. The van der Waals surface area contributed by atoms with Gasteiger partial charge in [-0.15, -0.1) is 0 Å². The monoisotopic (exact) mass is 370 g/mol. The highest BCUT2D eigenvalue weighted by atomic mass is 16.6. The summed E-state index contributed by atoms with van der Waals surface area (Å²) < 4.78 is 7.32. The smallest absolute Gasteiger partial charge is 0.410 e. The van der Waals surface area contributed by atoms with Crippen molar-refractivity contribution >= 4 is 28.8 Å². The predicted molar refractivity (Wildman–Crippen MR) is 98.1 cm³/mol. The number of amides is 3. The lowest BCUT2D eigenvalue weighted by molar-refractivity contribution is -0.137. The van der Waals surface area contributed by atoms with Crippen LogP contribution in [0, 0.1) is 0 Å². The van der Waals surface area contributed by atoms with Gasteiger partial charge in [0, 0.05) is 30.7 Å². The number of nitrogens with two attached hydrogens (primary N) is 1. The first kappa shape index (κ1) is 17.4. The Labute approximate surface area is 156 Å². The summed E-state index contributed by atoms with van der Waals surface area (Å²) in [6.07, 6.45) is 2.83. The lowest BCUT2D eigenvalue weighted by Crippen LogP contribution is -2.53. The minimum absolute atomic E-state index is 0.0727. The van der Waals surface area contributed by atoms with Crippen LogP contribution in [-0.2, 0) is 16.1 Å². The average Bonchev–Trinajstić information content (AvgIpc) is 3.13. The molecule has 8 nitrogen and oxygen atoms in total. The van der Waals surface area contributed by atoms with Gasteiger partial charge in [0.15, 0.2) is 0 Å². The molecule has 1 aromatic carbocycles. The summed E-state index contributed by atoms with van der Waals surface area (Å²) >= 11 is 0. The highest BCUT2D eigenvalue weighted by molar-refractivity contribution is 6.06. The molecule has 2 aliphatic heterocycles. The van der Waals surface area contributed by atoms with Crippen molar-refractivity contribution in [3.05, 3.63) is 36.0 Å². The maximum Gasteiger partial charge on any atom is 0.410 e. The Morgan fingerprint density at radius 2 is 2.04 bits per heavy atom. The molecule has 1 aromatic heterocycles. The zero-order valence-corrected chi connectivity index (χ0v) is 15.2. The van der Waals surface area contributed by atoms with E-state index in [0.29, 0.717) is 25.2 Å². The molecule has 2 saturated heterocycles. The number of aromatic nitrogens is 1. The molecule has 142 valence electrons. The van der Waals surface area contributed by atoms with Crippen LogP contribution in [0.25, 0.3) is 10.9 Å². The van der Waals surface area contributed by atoms with Gasteiger partial charge in [0.1, 0.15) is 12.1 Å². The highest BCUT2D eigenvalue weighted by Crippen LogP contribution is 2.31. The number of nitrogens with zero attached hydrogens (tertiary/aromatic N) is 3. The van der Waals surface area contributed by atoms with E-state index in [1.807, 2.05) is 24.3 Å². The normalized spacial score (nSPS) is 22.5. The number of para-hydroxylation sites is 1. The van der Waals surface area contributed by atoms with E-state index in [0.717, 1.165) is 23.7 Å². The number of rotatable bonds is 3. The van der Waals surface area contributed by atoms with Crippen molar-refractivity contribution in [3.63, 3.8) is 0 Å². The van der Waals surface area contributed by atoms with E-state index in [9.17, 15) is 14.4 Å². The van der Waals surface area contributed by atoms with Crippen LogP contribution in [0.15, 0.2) is 30.5 Å². The number of hydrogen-bond acceptors (Lipinski definition) is 4. The van der Waals surface area contributed by atoms with Gasteiger partial charge in [-0.25, -0.2) is 4.79 Å². The standard InChI is InChI=1S/C19H22N4O4/c1-21-11-19(27-18(21)26)7-4-8-22(12-19)16(24)10-23-9-14(17(20)25)13-5-2-3-6-15(13)23/h2-3,5-6,9H,4,7-8,10-12H2,1H3,(H2,20,25)/t19-/m1/s1. The zero-order chi connectivity index (χ0) is 19.2. The molecule has 1 spiro atoms. The van der Waals surface area contributed by atoms with E-state index in [-0.39, 0.29) is 18.5 Å². The Morgan fingerprint density at radius 1 is 1.26 bits per heavy atom. The molecular formula is C19H22N4O4. The van der Waals surface area contributed by atoms with Crippen LogP contribution in [0.2, 0.25) is 0 Å². The molecule has 8 heteroatoms. The van der Waals surface area contributed by atoms with Crippen molar-refractivity contribution in [1.29, 1.82) is 0 Å². The zero-order valence-electron chi connectivity index (χ0n) is 15.2. The van der Waals surface area contributed by atoms with Crippen LogP contribution < -0.4 is 5.73 Å². The molecule has 2 aliphatic rings. The van der Waals surface area contributed by atoms with Crippen LogP contribution in [0.3, 0.4) is 0 Å². The molecule has 4 rings (SSSR count). The largest absolute Gasteiger partial charge is 0.439 e. The van der Waals surface area contributed by atoms with Gasteiger partial charge in [0.2, 0.25) is 5.91 Å². The van der Waals surface area contributed by atoms with E-state index in [1.54, 1.807) is 27.6 Å². The number of carbonyl (C=O) groups is 3. The van der Waals surface area contributed by atoms with Crippen molar-refractivity contribution < 1.29 is 19.1 Å². The summed E-state index contributed by atoms with van der Waals surface area (Å²) in [6, 6.07) is 7.37. The van der Waals surface area contributed by atoms with Crippen LogP contribution in [0.4, 0.5) is 4.79 Å². The third-order valence-electron chi connectivity index (χ3n) is 5.39. The van der Waals surface area contributed by atoms with Crippen LogP contribution in [0.5, 0.6) is 0 Å². The molecule has 1 atom stereocenters. The fourth-order valence-corrected chi connectivity index (χ4v) is 4.14. The third kappa shape index (κ3) is 3.01. The van der Waals surface area contributed by atoms with E-state index in [2.05, 4.69) is 0 Å². The second kappa shape index (κ2) is 6.29. The number of ether oxygens (including phenoxy) is 1. The first-order chi connectivity index (χ1) is 12.9. The van der Waals surface area contributed by atoms with Gasteiger partial charge in [-0.1, -0.05) is 18.2 Å². The predicted octanol–water partition coefficient (Wildman–Crippen LogP) is 1.18. The molecule has 0 unspecified atom stereocenters. The Morgan fingerprint density at radius 3 is 2.74 bits per heavy atom. The van der Waals surface area contributed by atoms with E-state index in [1.165, 1.54) is 0 Å². The number of likely N-dealkylation sites (N-methyl/N-ethyl adjacent to an activating group) is 1. The Bertz CT molecular complexity index is 937. The summed E-state index contributed by atoms with van der Waals surface area (Å²) in [5, 5.41) is 0.735. The second-order valence-corrected chi connectivity index (χ2v) is 7.38. The van der Waals surface area contributed by atoms with Gasteiger partial charge in [-0.2, -0.15) is 0 Å². The molecule has 2 aromatic rings. The SMILES string of the molecule is CN1C[C@@]2(CCCN(C(=O)Cn3cc(C(N)=O)c4ccccc43)C2)OC1=O. The molecule has 3 amide bonds. The minimum Gasteiger partial charge on any atom is -0.439 e. The Balaban J connectivity index is 1.55. The first-order valence-corrected chi connectivity index (χ1v) is 8.98. The van der Waals surface area contributed by atoms with E-state index < -0.39 is 11.5 Å². The van der Waals surface area contributed by atoms with Gasteiger partial charge in [-0.3, -0.25) is 9.59 Å². The number of fused-ring (bicyclic) bond motifs is 1. The van der Waals surface area contributed by atoms with Gasteiger partial charge in [0.05, 0.1) is 18.7 Å². The van der Waals surface area contributed by atoms with Crippen molar-refractivity contribution in [2.75, 3.05) is 26.7 Å². The fraction of sp³-hybridized carbons (Fsp3) is 0.421. The van der Waals surface area contributed by atoms with Crippen LogP contribution in [0.1, 0.15) is 23.2 Å². The Kier molecular flexibility index (Phi) is 4.05. The Hall–Kier alpha value is -3.03. The van der Waals surface area contributed by atoms with Crippen molar-refractivity contribution in [1.82, 2.24) is 14.4 Å². The third-order valence-corrected chi connectivity index (χ3v) is 5.39. The maximum absolute atomic E-state index is 12.9.